The molecule has 1 N–H and O–H groups in total. The molecule has 27 heavy (non-hydrogen) atoms. The molecule has 4 rings (SSSR count). The Morgan fingerprint density at radius 3 is 2.37 bits per heavy atom. The molecule has 0 spiro atoms. The maximum atomic E-state index is 13.1. The van der Waals surface area contributed by atoms with E-state index in [1.165, 1.54) is 4.57 Å². The minimum absolute atomic E-state index is 0.0119. The lowest BCUT2D eigenvalue weighted by Crippen LogP contribution is -2.22. The molecule has 0 aliphatic heterocycles. The highest BCUT2D eigenvalue weighted by Gasteiger charge is 2.13. The third kappa shape index (κ3) is 3.35. The molecule has 3 aromatic carbocycles. The predicted octanol–water partition coefficient (Wildman–Crippen LogP) is 4.92. The number of phenolic OH excluding ortho intramolecular Hbond substituents is 1. The number of aromatic nitrogens is 2. The lowest BCUT2D eigenvalue weighted by molar-refractivity contribution is 0.471. The van der Waals surface area contributed by atoms with Gasteiger partial charge in [-0.3, -0.25) is 9.36 Å². The Morgan fingerprint density at radius 2 is 1.59 bits per heavy atom. The van der Waals surface area contributed by atoms with Crippen LogP contribution in [0.1, 0.15) is 11.4 Å². The van der Waals surface area contributed by atoms with E-state index in [2.05, 4.69) is 4.98 Å². The number of nitrogens with zero attached hydrogens (tertiary/aromatic N) is 2. The second-order valence-corrected chi connectivity index (χ2v) is 6.44. The molecule has 0 saturated carbocycles. The summed E-state index contributed by atoms with van der Waals surface area (Å²) in [7, 11) is 0. The highest BCUT2D eigenvalue weighted by Crippen LogP contribution is 2.22. The number of fused-ring (bicyclic) bond motifs is 1. The van der Waals surface area contributed by atoms with Gasteiger partial charge in [-0.25, -0.2) is 4.98 Å². The summed E-state index contributed by atoms with van der Waals surface area (Å²) in [4.78, 5) is 17.7. The molecule has 0 atom stereocenters. The molecule has 4 nitrogen and oxygen atoms in total. The van der Waals surface area contributed by atoms with E-state index >= 15 is 0 Å². The molecular weight excluding hydrogens is 360 g/mol. The monoisotopic (exact) mass is 374 g/mol. The molecule has 132 valence electrons. The van der Waals surface area contributed by atoms with E-state index in [0.717, 1.165) is 5.56 Å². The molecule has 0 radical (unpaired) electrons. The van der Waals surface area contributed by atoms with Crippen LogP contribution in [0.15, 0.2) is 77.6 Å². The van der Waals surface area contributed by atoms with E-state index in [9.17, 15) is 9.90 Å². The number of benzene rings is 3. The van der Waals surface area contributed by atoms with Crippen molar-refractivity contribution in [2.75, 3.05) is 0 Å². The summed E-state index contributed by atoms with van der Waals surface area (Å²) in [6.07, 6.45) is 3.60. The summed E-state index contributed by atoms with van der Waals surface area (Å²) in [5.41, 5.74) is 1.67. The number of para-hydroxylation sites is 3. The molecule has 1 heterocycles. The van der Waals surface area contributed by atoms with Crippen molar-refractivity contribution >= 4 is 34.7 Å². The first-order chi connectivity index (χ1) is 13.1. The minimum atomic E-state index is -0.238. The fourth-order valence-corrected chi connectivity index (χ4v) is 3.02. The van der Waals surface area contributed by atoms with Crippen molar-refractivity contribution in [1.29, 1.82) is 0 Å². The highest BCUT2D eigenvalue weighted by molar-refractivity contribution is 6.30. The average Bonchev–Trinajstić information content (AvgIpc) is 2.69. The third-order valence-electron chi connectivity index (χ3n) is 4.22. The van der Waals surface area contributed by atoms with E-state index in [1.807, 2.05) is 24.3 Å². The number of hydrogen-bond donors (Lipinski definition) is 1. The second-order valence-electron chi connectivity index (χ2n) is 6.00. The summed E-state index contributed by atoms with van der Waals surface area (Å²) >= 11 is 5.93. The van der Waals surface area contributed by atoms with Gasteiger partial charge in [-0.15, -0.1) is 0 Å². The molecule has 5 heteroatoms. The van der Waals surface area contributed by atoms with Crippen LogP contribution >= 0.6 is 11.6 Å². The predicted molar refractivity (Wildman–Crippen MR) is 109 cm³/mol. The fraction of sp³-hybridized carbons (Fsp3) is 0. The Kier molecular flexibility index (Phi) is 4.48. The molecule has 0 aliphatic rings. The van der Waals surface area contributed by atoms with Gasteiger partial charge in [0, 0.05) is 5.02 Å². The van der Waals surface area contributed by atoms with Gasteiger partial charge in [-0.1, -0.05) is 54.1 Å². The van der Waals surface area contributed by atoms with Crippen LogP contribution in [-0.2, 0) is 0 Å². The van der Waals surface area contributed by atoms with Crippen LogP contribution in [0.2, 0.25) is 5.02 Å². The Balaban J connectivity index is 1.95. The maximum absolute atomic E-state index is 13.1. The van der Waals surface area contributed by atoms with Crippen LogP contribution < -0.4 is 5.56 Å². The van der Waals surface area contributed by atoms with E-state index in [4.69, 9.17) is 11.6 Å². The summed E-state index contributed by atoms with van der Waals surface area (Å²) in [6, 6.07) is 21.2. The van der Waals surface area contributed by atoms with Crippen molar-refractivity contribution < 1.29 is 5.11 Å². The van der Waals surface area contributed by atoms with Gasteiger partial charge in [0.15, 0.2) is 0 Å². The lowest BCUT2D eigenvalue weighted by atomic mass is 10.2. The van der Waals surface area contributed by atoms with Crippen molar-refractivity contribution in [1.82, 2.24) is 9.55 Å². The number of phenols is 1. The van der Waals surface area contributed by atoms with Gasteiger partial charge in [0.05, 0.1) is 16.6 Å². The van der Waals surface area contributed by atoms with Crippen molar-refractivity contribution in [3.8, 4) is 11.4 Å². The summed E-state index contributed by atoms with van der Waals surface area (Å²) in [6.45, 7) is 0. The maximum Gasteiger partial charge on any atom is 0.266 e. The van der Waals surface area contributed by atoms with Gasteiger partial charge in [0.25, 0.3) is 5.56 Å². The normalized spacial score (nSPS) is 11.3. The van der Waals surface area contributed by atoms with Crippen LogP contribution in [0.3, 0.4) is 0 Å². The first-order valence-corrected chi connectivity index (χ1v) is 8.75. The fourth-order valence-electron chi connectivity index (χ4n) is 2.89. The van der Waals surface area contributed by atoms with Crippen molar-refractivity contribution in [2.45, 2.75) is 0 Å². The third-order valence-corrected chi connectivity index (χ3v) is 4.47. The van der Waals surface area contributed by atoms with Crippen LogP contribution in [0.25, 0.3) is 28.7 Å². The zero-order chi connectivity index (χ0) is 18.8. The van der Waals surface area contributed by atoms with Crippen molar-refractivity contribution in [3.05, 3.63) is 99.6 Å². The largest absolute Gasteiger partial charge is 0.506 e. The van der Waals surface area contributed by atoms with Crippen LogP contribution in [-0.4, -0.2) is 14.7 Å². The average molecular weight is 375 g/mol. The van der Waals surface area contributed by atoms with Crippen LogP contribution in [0.5, 0.6) is 5.75 Å². The van der Waals surface area contributed by atoms with Gasteiger partial charge >= 0.3 is 0 Å². The number of aromatic hydroxyl groups is 1. The first kappa shape index (κ1) is 17.1. The number of halogens is 1. The van der Waals surface area contributed by atoms with Crippen LogP contribution in [0.4, 0.5) is 0 Å². The Hall–Kier alpha value is -3.37. The van der Waals surface area contributed by atoms with Gasteiger partial charge in [-0.2, -0.15) is 0 Å². The Labute approximate surface area is 160 Å². The quantitative estimate of drug-likeness (QED) is 0.554. The standard InChI is InChI=1S/C22H15ClN2O2/c23-16-12-9-15(10-13-16)11-14-21-24-18-6-2-1-5-17(18)22(27)25(21)19-7-3-4-8-20(19)26/h1-14,26H. The molecule has 1 aromatic heterocycles. The van der Waals surface area contributed by atoms with E-state index in [1.54, 1.807) is 60.7 Å². The SMILES string of the molecule is O=c1c2ccccc2nc(C=Cc2ccc(Cl)cc2)n1-c1ccccc1O. The lowest BCUT2D eigenvalue weighted by Gasteiger charge is -2.12. The molecule has 0 amide bonds. The molecule has 0 aliphatic carbocycles. The molecule has 0 fully saturated rings. The Bertz CT molecular complexity index is 1210. The zero-order valence-electron chi connectivity index (χ0n) is 14.2. The molecule has 4 aromatic rings. The highest BCUT2D eigenvalue weighted by atomic mass is 35.5. The Morgan fingerprint density at radius 1 is 0.889 bits per heavy atom. The second kappa shape index (κ2) is 7.09. The number of hydrogen-bond acceptors (Lipinski definition) is 3. The molecule has 0 bridgehead atoms. The van der Waals surface area contributed by atoms with Crippen molar-refractivity contribution in [3.63, 3.8) is 0 Å². The summed E-state index contributed by atoms with van der Waals surface area (Å²) in [5.74, 6) is 0.438. The van der Waals surface area contributed by atoms with E-state index in [-0.39, 0.29) is 11.3 Å². The molecule has 0 saturated heterocycles. The minimum Gasteiger partial charge on any atom is -0.506 e. The summed E-state index contributed by atoms with van der Waals surface area (Å²) < 4.78 is 1.42. The van der Waals surface area contributed by atoms with Gasteiger partial charge in [0.1, 0.15) is 11.6 Å². The number of rotatable bonds is 3. The molecular formula is C22H15ClN2O2. The smallest absolute Gasteiger partial charge is 0.266 e. The zero-order valence-corrected chi connectivity index (χ0v) is 15.0. The van der Waals surface area contributed by atoms with Crippen LogP contribution in [0, 0.1) is 0 Å². The van der Waals surface area contributed by atoms with E-state index < -0.39 is 0 Å². The van der Waals surface area contributed by atoms with Gasteiger partial charge < -0.3 is 5.11 Å². The summed E-state index contributed by atoms with van der Waals surface area (Å²) in [5, 5.41) is 11.4. The topological polar surface area (TPSA) is 55.1 Å². The van der Waals surface area contributed by atoms with E-state index in [0.29, 0.717) is 27.4 Å². The van der Waals surface area contributed by atoms with Crippen molar-refractivity contribution in [2.24, 2.45) is 0 Å². The van der Waals surface area contributed by atoms with Gasteiger partial charge in [0.2, 0.25) is 0 Å². The first-order valence-electron chi connectivity index (χ1n) is 8.37. The molecule has 0 unspecified atom stereocenters. The van der Waals surface area contributed by atoms with Gasteiger partial charge in [-0.05, 0) is 48.0 Å².